The van der Waals surface area contributed by atoms with Gasteiger partial charge in [-0.05, 0) is 44.9 Å². The molecule has 2 aliphatic rings. The monoisotopic (exact) mass is 242 g/mol. The first-order valence-electron chi connectivity index (χ1n) is 6.61. The van der Waals surface area contributed by atoms with Crippen LogP contribution in [0.2, 0.25) is 0 Å². The molecule has 1 aromatic rings. The van der Waals surface area contributed by atoms with Crippen molar-refractivity contribution in [1.29, 1.82) is 5.26 Å². The molecule has 4 nitrogen and oxygen atoms in total. The van der Waals surface area contributed by atoms with Crippen molar-refractivity contribution in [1.82, 2.24) is 9.88 Å². The highest BCUT2D eigenvalue weighted by Crippen LogP contribution is 2.35. The Morgan fingerprint density at radius 1 is 1.39 bits per heavy atom. The van der Waals surface area contributed by atoms with E-state index >= 15 is 0 Å². The van der Waals surface area contributed by atoms with Gasteiger partial charge in [0.15, 0.2) is 5.69 Å². The van der Waals surface area contributed by atoms with Crippen LogP contribution in [0, 0.1) is 11.3 Å². The van der Waals surface area contributed by atoms with Crippen molar-refractivity contribution >= 4 is 5.69 Å². The van der Waals surface area contributed by atoms with Crippen LogP contribution in [-0.2, 0) is 0 Å². The van der Waals surface area contributed by atoms with Gasteiger partial charge in [0, 0.05) is 24.3 Å². The zero-order valence-electron chi connectivity index (χ0n) is 10.6. The summed E-state index contributed by atoms with van der Waals surface area (Å²) in [5, 5.41) is 12.6. The van der Waals surface area contributed by atoms with Crippen LogP contribution >= 0.6 is 0 Å². The van der Waals surface area contributed by atoms with Gasteiger partial charge in [0.2, 0.25) is 0 Å². The third-order valence-corrected chi connectivity index (χ3v) is 4.37. The maximum Gasteiger partial charge on any atom is 0.163 e. The van der Waals surface area contributed by atoms with E-state index in [1.807, 2.05) is 12.1 Å². The van der Waals surface area contributed by atoms with Gasteiger partial charge >= 0.3 is 0 Å². The molecule has 18 heavy (non-hydrogen) atoms. The summed E-state index contributed by atoms with van der Waals surface area (Å²) in [7, 11) is 2.24. The summed E-state index contributed by atoms with van der Waals surface area (Å²) in [4.78, 5) is 6.62. The Labute approximate surface area is 108 Å². The number of piperidine rings is 1. The maximum atomic E-state index is 9.05. The Kier molecular flexibility index (Phi) is 2.92. The lowest BCUT2D eigenvalue weighted by atomic mass is 9.97. The van der Waals surface area contributed by atoms with Gasteiger partial charge in [0.1, 0.15) is 6.07 Å². The minimum Gasteiger partial charge on any atom is -0.380 e. The van der Waals surface area contributed by atoms with Crippen LogP contribution in [0.1, 0.15) is 31.4 Å². The third-order valence-electron chi connectivity index (χ3n) is 4.37. The molecule has 1 aromatic heterocycles. The van der Waals surface area contributed by atoms with Crippen molar-refractivity contribution in [2.45, 2.75) is 43.8 Å². The summed E-state index contributed by atoms with van der Waals surface area (Å²) in [5.74, 6) is 0. The van der Waals surface area contributed by atoms with E-state index in [1.165, 1.54) is 25.7 Å². The fraction of sp³-hybridized carbons (Fsp3) is 0.571. The average molecular weight is 242 g/mol. The summed E-state index contributed by atoms with van der Waals surface area (Å²) in [6, 6.07) is 7.88. The molecule has 2 unspecified atom stereocenters. The van der Waals surface area contributed by atoms with Gasteiger partial charge in [-0.15, -0.1) is 0 Å². The van der Waals surface area contributed by atoms with Gasteiger partial charge < -0.3 is 10.2 Å². The van der Waals surface area contributed by atoms with Gasteiger partial charge in [-0.3, -0.25) is 0 Å². The molecule has 0 spiro atoms. The highest BCUT2D eigenvalue weighted by Gasteiger charge is 2.38. The number of hydrogen-bond acceptors (Lipinski definition) is 4. The predicted octanol–water partition coefficient (Wildman–Crippen LogP) is 1.99. The number of anilines is 1. The lowest BCUT2D eigenvalue weighted by Gasteiger charge is -2.37. The molecular formula is C14H18N4. The van der Waals surface area contributed by atoms with E-state index in [1.54, 1.807) is 6.20 Å². The van der Waals surface area contributed by atoms with Gasteiger partial charge in [-0.1, -0.05) is 0 Å². The van der Waals surface area contributed by atoms with Crippen LogP contribution < -0.4 is 5.32 Å². The number of hydrogen-bond donors (Lipinski definition) is 1. The number of nitrogens with one attached hydrogen (secondary N) is 1. The van der Waals surface area contributed by atoms with Crippen molar-refractivity contribution in [3.8, 4) is 6.07 Å². The first-order valence-corrected chi connectivity index (χ1v) is 6.61. The second-order valence-electron chi connectivity index (χ2n) is 5.37. The van der Waals surface area contributed by atoms with E-state index in [2.05, 4.69) is 28.3 Å². The molecule has 94 valence electrons. The lowest BCUT2D eigenvalue weighted by Crippen LogP contribution is -2.44. The fourth-order valence-corrected chi connectivity index (χ4v) is 3.36. The topological polar surface area (TPSA) is 52.0 Å². The van der Waals surface area contributed by atoms with Crippen LogP contribution in [0.25, 0.3) is 0 Å². The van der Waals surface area contributed by atoms with Gasteiger partial charge in [0.25, 0.3) is 0 Å². The van der Waals surface area contributed by atoms with Gasteiger partial charge in [-0.2, -0.15) is 5.26 Å². The molecular weight excluding hydrogens is 224 g/mol. The second-order valence-corrected chi connectivity index (χ2v) is 5.37. The summed E-state index contributed by atoms with van der Waals surface area (Å²) in [6.07, 6.45) is 6.65. The Bertz CT molecular complexity index is 465. The van der Waals surface area contributed by atoms with Crippen LogP contribution in [0.3, 0.4) is 0 Å². The number of rotatable bonds is 2. The van der Waals surface area contributed by atoms with Crippen LogP contribution in [0.15, 0.2) is 18.3 Å². The number of aromatic nitrogens is 1. The fourth-order valence-electron chi connectivity index (χ4n) is 3.36. The first kappa shape index (κ1) is 11.5. The van der Waals surface area contributed by atoms with Gasteiger partial charge in [0.05, 0.1) is 5.69 Å². The number of nitrogens with zero attached hydrogens (tertiary/aromatic N) is 3. The minimum absolute atomic E-state index is 0.481. The van der Waals surface area contributed by atoms with E-state index in [9.17, 15) is 0 Å². The lowest BCUT2D eigenvalue weighted by molar-refractivity contribution is 0.169. The summed E-state index contributed by atoms with van der Waals surface area (Å²) in [5.41, 5.74) is 1.39. The molecule has 2 atom stereocenters. The predicted molar refractivity (Wildman–Crippen MR) is 70.2 cm³/mol. The molecule has 2 bridgehead atoms. The standard InChI is InChI=1S/C14H18N4/c1-18-11-4-5-12(18)8-10(7-11)17-13-3-2-6-16-14(13)9-15/h2-3,6,10-12,17H,4-5,7-8H2,1H3. The molecule has 0 aliphatic carbocycles. The van der Waals surface area contributed by atoms with Crippen molar-refractivity contribution in [3.05, 3.63) is 24.0 Å². The molecule has 2 fully saturated rings. The second kappa shape index (κ2) is 4.58. The van der Waals surface area contributed by atoms with E-state index in [0.717, 1.165) is 5.69 Å². The van der Waals surface area contributed by atoms with E-state index in [4.69, 9.17) is 5.26 Å². The highest BCUT2D eigenvalue weighted by atomic mass is 15.2. The van der Waals surface area contributed by atoms with Crippen molar-refractivity contribution in [2.24, 2.45) is 0 Å². The SMILES string of the molecule is CN1C2CCC1CC(Nc1cccnc1C#N)C2. The number of fused-ring (bicyclic) bond motifs is 2. The van der Waals surface area contributed by atoms with Gasteiger partial charge in [-0.25, -0.2) is 4.98 Å². The summed E-state index contributed by atoms with van der Waals surface area (Å²) in [6.45, 7) is 0. The minimum atomic E-state index is 0.481. The molecule has 0 amide bonds. The molecule has 2 aliphatic heterocycles. The highest BCUT2D eigenvalue weighted by molar-refractivity contribution is 5.54. The quantitative estimate of drug-likeness (QED) is 0.861. The van der Waals surface area contributed by atoms with Crippen molar-refractivity contribution in [2.75, 3.05) is 12.4 Å². The van der Waals surface area contributed by atoms with E-state index < -0.39 is 0 Å². The van der Waals surface area contributed by atoms with Crippen LogP contribution in [-0.4, -0.2) is 35.1 Å². The normalized spacial score (nSPS) is 31.0. The number of nitriles is 1. The van der Waals surface area contributed by atoms with Crippen molar-refractivity contribution in [3.63, 3.8) is 0 Å². The van der Waals surface area contributed by atoms with E-state index in [0.29, 0.717) is 23.8 Å². The van der Waals surface area contributed by atoms with Crippen LogP contribution in [0.4, 0.5) is 5.69 Å². The molecule has 4 heteroatoms. The van der Waals surface area contributed by atoms with E-state index in [-0.39, 0.29) is 0 Å². The Morgan fingerprint density at radius 2 is 2.11 bits per heavy atom. The molecule has 3 rings (SSSR count). The zero-order chi connectivity index (χ0) is 12.5. The van der Waals surface area contributed by atoms with Crippen LogP contribution in [0.5, 0.6) is 0 Å². The smallest absolute Gasteiger partial charge is 0.163 e. The summed E-state index contributed by atoms with van der Waals surface area (Å²) < 4.78 is 0. The molecule has 0 aromatic carbocycles. The molecule has 3 heterocycles. The number of pyridine rings is 1. The maximum absolute atomic E-state index is 9.05. The Morgan fingerprint density at radius 3 is 2.78 bits per heavy atom. The molecule has 1 N–H and O–H groups in total. The Hall–Kier alpha value is -1.60. The summed E-state index contributed by atoms with van der Waals surface area (Å²) >= 11 is 0. The average Bonchev–Trinajstić information content (AvgIpc) is 2.63. The first-order chi connectivity index (χ1) is 8.78. The molecule has 2 saturated heterocycles. The molecule has 0 saturated carbocycles. The van der Waals surface area contributed by atoms with Crippen molar-refractivity contribution < 1.29 is 0 Å². The largest absolute Gasteiger partial charge is 0.380 e. The Balaban J connectivity index is 1.73. The third kappa shape index (κ3) is 1.95. The zero-order valence-corrected chi connectivity index (χ0v) is 10.6. The molecule has 0 radical (unpaired) electrons.